The second-order valence-electron chi connectivity index (χ2n) is 24.0. The van der Waals surface area contributed by atoms with Gasteiger partial charge in [-0.05, 0) is 114 Å². The summed E-state index contributed by atoms with van der Waals surface area (Å²) < 4.78 is 0. The molecule has 0 bridgehead atoms. The number of rotatable bonds is 31. The maximum Gasteiger partial charge on any atom is 0.326 e. The van der Waals surface area contributed by atoms with Crippen LogP contribution in [0.25, 0.3) is 0 Å². The van der Waals surface area contributed by atoms with Gasteiger partial charge in [-0.2, -0.15) is 0 Å². The molecule has 15 atom stereocenters. The zero-order chi connectivity index (χ0) is 67.7. The Labute approximate surface area is 530 Å². The van der Waals surface area contributed by atoms with Crippen LogP contribution in [0, 0.1) is 0 Å². The first-order chi connectivity index (χ1) is 43.7. The van der Waals surface area contributed by atoms with E-state index in [9.17, 15) is 93.6 Å². The number of carbonyl (C=O) groups is 11. The monoisotopic (exact) mass is 1300 g/mol. The lowest BCUT2D eigenvalue weighted by atomic mass is 10.0. The second kappa shape index (κ2) is 34.0. The number of nitrogens with zero attached hydrogens (tertiary/aromatic N) is 4. The molecule has 32 heteroatoms. The number of carbonyl (C=O) groups excluding carboxylic acids is 10. The van der Waals surface area contributed by atoms with E-state index in [1.54, 1.807) is 0 Å². The zero-order valence-electron chi connectivity index (χ0n) is 51.5. The van der Waals surface area contributed by atoms with E-state index in [0.717, 1.165) is 21.6 Å². The van der Waals surface area contributed by atoms with Crippen molar-refractivity contribution in [3.63, 3.8) is 0 Å². The molecule has 2 aromatic rings. The molecule has 2 aromatic carbocycles. The summed E-state index contributed by atoms with van der Waals surface area (Å²) in [7, 11) is 0. The number of aliphatic carboxylic acids is 1. The summed E-state index contributed by atoms with van der Waals surface area (Å²) in [6, 6.07) is -5.02. The van der Waals surface area contributed by atoms with Crippen LogP contribution < -0.4 is 49.1 Å². The number of nitrogens with one attached hydrogen (secondary N) is 6. The van der Waals surface area contributed by atoms with Gasteiger partial charge in [0, 0.05) is 58.3 Å². The van der Waals surface area contributed by atoms with Crippen LogP contribution in [0.5, 0.6) is 11.5 Å². The number of benzene rings is 2. The Morgan fingerprint density at radius 2 is 0.946 bits per heavy atom. The number of phenolic OH excluding ortho intramolecular Hbond substituents is 2. The molecule has 4 aliphatic heterocycles. The smallest absolute Gasteiger partial charge is 0.326 e. The van der Waals surface area contributed by atoms with Crippen LogP contribution in [0.3, 0.4) is 0 Å². The minimum absolute atomic E-state index is 0.0116. The Bertz CT molecular complexity index is 2920. The van der Waals surface area contributed by atoms with Gasteiger partial charge in [0.15, 0.2) is 0 Å². The number of aromatic hydroxyl groups is 2. The van der Waals surface area contributed by atoms with Crippen molar-refractivity contribution in [3.8, 4) is 11.5 Å². The van der Waals surface area contributed by atoms with Crippen LogP contribution in [0.4, 0.5) is 0 Å². The van der Waals surface area contributed by atoms with Crippen molar-refractivity contribution in [3.05, 3.63) is 59.7 Å². The molecule has 20 N–H and O–H groups in total. The Morgan fingerprint density at radius 1 is 0.522 bits per heavy atom. The fourth-order valence-corrected chi connectivity index (χ4v) is 11.9. The minimum atomic E-state index is -1.90. The summed E-state index contributed by atoms with van der Waals surface area (Å²) in [5, 5.41) is 99.5. The van der Waals surface area contributed by atoms with Gasteiger partial charge in [0.2, 0.25) is 59.1 Å². The topological polar surface area (TPSA) is 513 Å². The fourth-order valence-electron chi connectivity index (χ4n) is 11.9. The number of amides is 10. The maximum atomic E-state index is 14.9. The molecule has 6 rings (SSSR count). The average molecular weight is 1300 g/mol. The standard InChI is InChI=1S/C60H89N13O19/c1-31(63)50(81)64-40(8-3-5-19-61)56(87)70-21-7-10-45(70)52(83)68-44(30-74)51(82)66-42(22-33-11-15-35(76)16-12-33)58(89)73-29-39(80)26-48(73)59(90)72-28-38(79)25-47(72)54(85)69-49(32(2)75)55(86)67-43(23-34-13-17-36(77)18-14-34)57(88)71-27-37(78)24-46(71)53(84)65-41(60(91)92)9-4-6-20-62/h11-18,31-32,37-49,74-80H,3-10,19-30,61-63H2,1-2H3,(H,64,81)(H,65,84)(H,66,82)(H,67,86)(H,68,83)(H,69,85)(H,91,92)/t31-,32+,37+,38+,39+,40-,41-,42-,43-,44-,45-,46-,47-,48-,49-/m0/s1. The number of nitrogens with two attached hydrogens (primary N) is 3. The van der Waals surface area contributed by atoms with E-state index in [0.29, 0.717) is 49.8 Å². The van der Waals surface area contributed by atoms with E-state index >= 15 is 0 Å². The molecule has 32 nitrogen and oxygen atoms in total. The van der Waals surface area contributed by atoms with E-state index in [2.05, 4.69) is 31.9 Å². The molecule has 4 fully saturated rings. The highest BCUT2D eigenvalue weighted by atomic mass is 16.4. The first-order valence-electron chi connectivity index (χ1n) is 31.0. The van der Waals surface area contributed by atoms with E-state index in [-0.39, 0.29) is 63.1 Å². The summed E-state index contributed by atoms with van der Waals surface area (Å²) in [5.74, 6) is -10.8. The van der Waals surface area contributed by atoms with Crippen LogP contribution in [-0.2, 0) is 65.6 Å². The number of aliphatic hydroxyl groups excluding tert-OH is 5. The molecule has 92 heavy (non-hydrogen) atoms. The Balaban J connectivity index is 1.19. The molecule has 0 saturated carbocycles. The number of hydrogen-bond acceptors (Lipinski definition) is 21. The summed E-state index contributed by atoms with van der Waals surface area (Å²) in [6.45, 7) is 0.850. The van der Waals surface area contributed by atoms with Crippen LogP contribution in [0.1, 0.15) is 95.6 Å². The zero-order valence-corrected chi connectivity index (χ0v) is 51.5. The molecule has 4 saturated heterocycles. The van der Waals surface area contributed by atoms with Crippen molar-refractivity contribution in [2.24, 2.45) is 17.2 Å². The number of phenols is 2. The van der Waals surface area contributed by atoms with Gasteiger partial charge in [-0.3, -0.25) is 47.9 Å². The summed E-state index contributed by atoms with van der Waals surface area (Å²) in [5.41, 5.74) is 17.7. The predicted octanol–water partition coefficient (Wildman–Crippen LogP) is -6.27. The molecule has 0 radical (unpaired) electrons. The molecule has 4 heterocycles. The minimum Gasteiger partial charge on any atom is -0.508 e. The van der Waals surface area contributed by atoms with E-state index in [1.165, 1.54) is 60.4 Å². The summed E-state index contributed by atoms with van der Waals surface area (Å²) >= 11 is 0. The lowest BCUT2D eigenvalue weighted by Crippen LogP contribution is -2.62. The Morgan fingerprint density at radius 3 is 1.43 bits per heavy atom. The number of carboxylic acid groups (broad SMARTS) is 1. The number of hydrogen-bond donors (Lipinski definition) is 17. The molecule has 508 valence electrons. The van der Waals surface area contributed by atoms with Crippen LogP contribution in [-0.4, -0.2) is 262 Å². The highest BCUT2D eigenvalue weighted by Gasteiger charge is 2.50. The van der Waals surface area contributed by atoms with Gasteiger partial charge in [-0.15, -0.1) is 0 Å². The van der Waals surface area contributed by atoms with Gasteiger partial charge >= 0.3 is 5.97 Å². The molecule has 0 aliphatic carbocycles. The summed E-state index contributed by atoms with van der Waals surface area (Å²) in [6.07, 6.45) is -4.99. The third kappa shape index (κ3) is 19.5. The van der Waals surface area contributed by atoms with Crippen LogP contribution in [0.2, 0.25) is 0 Å². The van der Waals surface area contributed by atoms with Crippen molar-refractivity contribution < 1.29 is 93.6 Å². The number of β-amino-alcohol motifs (C(OH)–C–C–N with tert-alkyl or cyclic N) is 3. The molecule has 0 unspecified atom stereocenters. The van der Waals surface area contributed by atoms with Crippen molar-refractivity contribution in [2.45, 2.75) is 188 Å². The molecule has 0 aromatic heterocycles. The number of aliphatic hydroxyl groups is 5. The van der Waals surface area contributed by atoms with Gasteiger partial charge in [0.05, 0.1) is 37.1 Å². The Hall–Kier alpha value is -8.11. The number of likely N-dealkylation sites (tertiary alicyclic amines) is 4. The lowest BCUT2D eigenvalue weighted by molar-refractivity contribution is -0.148. The third-order valence-corrected chi connectivity index (χ3v) is 16.8. The SMILES string of the molecule is C[C@H](N)C(=O)N[C@@H](CCCCN)C(=O)N1CCC[C@H]1C(=O)N[C@@H](CO)C(=O)N[C@@H](Cc1ccc(O)cc1)C(=O)N1C[C@H](O)C[C@H]1C(=O)N1C[C@H](O)C[C@H]1C(=O)N[C@H](C(=O)N[C@@H](Cc1ccc(O)cc1)C(=O)N1C[C@H](O)C[C@H]1C(=O)N[C@@H](CCCCN)C(=O)O)[C@@H](C)O. The first-order valence-corrected chi connectivity index (χ1v) is 31.0. The van der Waals surface area contributed by atoms with Gasteiger partial charge in [-0.25, -0.2) is 4.79 Å². The van der Waals surface area contributed by atoms with E-state index in [1.807, 2.05) is 0 Å². The Kier molecular flexibility index (Phi) is 26.9. The first kappa shape index (κ1) is 72.9. The van der Waals surface area contributed by atoms with E-state index < -0.39 is 195 Å². The molecular weight excluding hydrogens is 1210 g/mol. The molecular formula is C60H89N13O19. The molecule has 4 aliphatic rings. The van der Waals surface area contributed by atoms with Crippen LogP contribution >= 0.6 is 0 Å². The van der Waals surface area contributed by atoms with Crippen LogP contribution in [0.15, 0.2) is 48.5 Å². The highest BCUT2D eigenvalue weighted by Crippen LogP contribution is 2.29. The number of unbranched alkanes of at least 4 members (excludes halogenated alkanes) is 2. The lowest BCUT2D eigenvalue weighted by Gasteiger charge is -2.34. The fraction of sp³-hybridized carbons (Fsp3) is 0.617. The largest absolute Gasteiger partial charge is 0.508 e. The van der Waals surface area contributed by atoms with Gasteiger partial charge < -0.3 is 110 Å². The quantitative estimate of drug-likeness (QED) is 0.0312. The average Bonchev–Trinajstić information content (AvgIpc) is 1.64. The van der Waals surface area contributed by atoms with Crippen molar-refractivity contribution >= 4 is 65.0 Å². The summed E-state index contributed by atoms with van der Waals surface area (Å²) in [4.78, 5) is 158. The maximum absolute atomic E-state index is 14.9. The van der Waals surface area contributed by atoms with E-state index in [4.69, 9.17) is 17.2 Å². The number of carboxylic acids is 1. The molecule has 0 spiro atoms. The highest BCUT2D eigenvalue weighted by molar-refractivity contribution is 6.00. The van der Waals surface area contributed by atoms with Crippen molar-refractivity contribution in [1.82, 2.24) is 51.5 Å². The second-order valence-corrected chi connectivity index (χ2v) is 24.0. The van der Waals surface area contributed by atoms with Gasteiger partial charge in [0.25, 0.3) is 0 Å². The van der Waals surface area contributed by atoms with Gasteiger partial charge in [-0.1, -0.05) is 24.3 Å². The predicted molar refractivity (Wildman–Crippen MR) is 324 cm³/mol. The van der Waals surface area contributed by atoms with Crippen molar-refractivity contribution in [2.75, 3.05) is 45.9 Å². The third-order valence-electron chi connectivity index (χ3n) is 16.8. The van der Waals surface area contributed by atoms with Gasteiger partial charge in [0.1, 0.15) is 71.9 Å². The molecule has 10 amide bonds. The normalized spacial score (nSPS) is 23.0. The van der Waals surface area contributed by atoms with Crippen molar-refractivity contribution in [1.29, 1.82) is 0 Å².